The van der Waals surface area contributed by atoms with E-state index in [1.54, 1.807) is 0 Å². The zero-order valence-corrected chi connectivity index (χ0v) is 8.25. The summed E-state index contributed by atoms with van der Waals surface area (Å²) in [6.07, 6.45) is -4.82. The van der Waals surface area contributed by atoms with Gasteiger partial charge in [0.2, 0.25) is 0 Å². The molecular formula is C10H6F4N2O. The molecule has 2 rings (SSSR count). The van der Waals surface area contributed by atoms with E-state index in [0.29, 0.717) is 0 Å². The van der Waals surface area contributed by atoms with Gasteiger partial charge in [-0.2, -0.15) is 13.2 Å². The molecule has 1 aromatic carbocycles. The molecule has 2 aromatic rings. The van der Waals surface area contributed by atoms with Gasteiger partial charge in [0, 0.05) is 11.6 Å². The normalized spacial score (nSPS) is 11.8. The van der Waals surface area contributed by atoms with Gasteiger partial charge in [-0.1, -0.05) is 17.3 Å². The minimum Gasteiger partial charge on any atom is -0.381 e. The standard InChI is InChI=1S/C10H6F4N2O/c11-6-3-1-2-5(9(6)10(12,13)14)7-4-8(15)16-17-7/h1-4H,(H2,15,16). The Bertz CT molecular complexity index is 547. The number of halogens is 4. The van der Waals surface area contributed by atoms with Gasteiger partial charge < -0.3 is 10.3 Å². The van der Waals surface area contributed by atoms with E-state index in [1.807, 2.05) is 0 Å². The summed E-state index contributed by atoms with van der Waals surface area (Å²) >= 11 is 0. The van der Waals surface area contributed by atoms with Gasteiger partial charge in [0.25, 0.3) is 0 Å². The fourth-order valence-electron chi connectivity index (χ4n) is 1.43. The largest absolute Gasteiger partial charge is 0.419 e. The van der Waals surface area contributed by atoms with Crippen LogP contribution in [0.1, 0.15) is 5.56 Å². The lowest BCUT2D eigenvalue weighted by atomic mass is 10.0. The Hall–Kier alpha value is -2.05. The average molecular weight is 246 g/mol. The smallest absolute Gasteiger partial charge is 0.381 e. The van der Waals surface area contributed by atoms with E-state index in [1.165, 1.54) is 0 Å². The summed E-state index contributed by atoms with van der Waals surface area (Å²) in [6.45, 7) is 0. The molecule has 0 saturated heterocycles. The summed E-state index contributed by atoms with van der Waals surface area (Å²) in [4.78, 5) is 0. The summed E-state index contributed by atoms with van der Waals surface area (Å²) in [6, 6.07) is 4.07. The molecule has 0 bridgehead atoms. The van der Waals surface area contributed by atoms with Crippen LogP contribution < -0.4 is 5.73 Å². The molecule has 1 aromatic heterocycles. The predicted molar refractivity (Wildman–Crippen MR) is 51.3 cm³/mol. The van der Waals surface area contributed by atoms with Crippen LogP contribution >= 0.6 is 0 Å². The van der Waals surface area contributed by atoms with Gasteiger partial charge in [0.05, 0.1) is 0 Å². The van der Waals surface area contributed by atoms with Crippen LogP contribution in [0.5, 0.6) is 0 Å². The van der Waals surface area contributed by atoms with Crippen LogP contribution in [0.2, 0.25) is 0 Å². The number of nitrogens with zero attached hydrogens (tertiary/aromatic N) is 1. The van der Waals surface area contributed by atoms with Crippen molar-refractivity contribution in [1.29, 1.82) is 0 Å². The summed E-state index contributed by atoms with van der Waals surface area (Å²) in [5.74, 6) is -1.67. The van der Waals surface area contributed by atoms with E-state index in [4.69, 9.17) is 5.73 Å². The summed E-state index contributed by atoms with van der Waals surface area (Å²) in [7, 11) is 0. The van der Waals surface area contributed by atoms with Crippen molar-refractivity contribution in [2.24, 2.45) is 0 Å². The number of rotatable bonds is 1. The highest BCUT2D eigenvalue weighted by Gasteiger charge is 2.37. The number of hydrogen-bond acceptors (Lipinski definition) is 3. The molecule has 0 aliphatic heterocycles. The Morgan fingerprint density at radius 3 is 2.47 bits per heavy atom. The Morgan fingerprint density at radius 2 is 1.94 bits per heavy atom. The molecule has 0 amide bonds. The lowest BCUT2D eigenvalue weighted by Gasteiger charge is -2.11. The quantitative estimate of drug-likeness (QED) is 0.786. The van der Waals surface area contributed by atoms with Gasteiger partial charge in [-0.05, 0) is 6.07 Å². The highest BCUT2D eigenvalue weighted by molar-refractivity contribution is 5.65. The van der Waals surface area contributed by atoms with Crippen LogP contribution in [-0.2, 0) is 6.18 Å². The SMILES string of the molecule is Nc1cc(-c2cccc(F)c2C(F)(F)F)on1. The monoisotopic (exact) mass is 246 g/mol. The highest BCUT2D eigenvalue weighted by Crippen LogP contribution is 2.38. The van der Waals surface area contributed by atoms with E-state index < -0.39 is 23.1 Å². The maximum Gasteiger partial charge on any atom is 0.419 e. The van der Waals surface area contributed by atoms with Crippen molar-refractivity contribution in [3.05, 3.63) is 35.6 Å². The Kier molecular flexibility index (Phi) is 2.53. The molecule has 0 unspecified atom stereocenters. The molecular weight excluding hydrogens is 240 g/mol. The third-order valence-electron chi connectivity index (χ3n) is 2.09. The molecule has 17 heavy (non-hydrogen) atoms. The van der Waals surface area contributed by atoms with E-state index in [2.05, 4.69) is 9.68 Å². The molecule has 0 radical (unpaired) electrons. The van der Waals surface area contributed by atoms with Crippen LogP contribution in [0.3, 0.4) is 0 Å². The molecule has 0 fully saturated rings. The summed E-state index contributed by atoms with van der Waals surface area (Å²) in [5.41, 5.74) is 3.41. The number of aromatic nitrogens is 1. The van der Waals surface area contributed by atoms with Crippen molar-refractivity contribution in [3.8, 4) is 11.3 Å². The first kappa shape index (κ1) is 11.4. The zero-order valence-electron chi connectivity index (χ0n) is 8.25. The van der Waals surface area contributed by atoms with Gasteiger partial charge >= 0.3 is 6.18 Å². The third-order valence-corrected chi connectivity index (χ3v) is 2.09. The molecule has 0 saturated carbocycles. The molecule has 3 nitrogen and oxygen atoms in total. The number of benzene rings is 1. The van der Waals surface area contributed by atoms with Crippen molar-refractivity contribution >= 4 is 5.82 Å². The molecule has 0 spiro atoms. The molecule has 2 N–H and O–H groups in total. The minimum absolute atomic E-state index is 0.0719. The maximum absolute atomic E-state index is 13.2. The Labute approximate surface area is 92.8 Å². The van der Waals surface area contributed by atoms with Crippen LogP contribution in [0.25, 0.3) is 11.3 Å². The molecule has 0 atom stereocenters. The van der Waals surface area contributed by atoms with Crippen molar-refractivity contribution in [2.45, 2.75) is 6.18 Å². The highest BCUT2D eigenvalue weighted by atomic mass is 19.4. The van der Waals surface area contributed by atoms with Gasteiger partial charge in [0.15, 0.2) is 11.6 Å². The molecule has 0 aliphatic rings. The number of anilines is 1. The molecule has 1 heterocycles. The first-order valence-corrected chi connectivity index (χ1v) is 4.48. The van der Waals surface area contributed by atoms with Gasteiger partial charge in [0.1, 0.15) is 11.4 Å². The first-order valence-electron chi connectivity index (χ1n) is 4.48. The van der Waals surface area contributed by atoms with E-state index >= 15 is 0 Å². The molecule has 0 aliphatic carbocycles. The van der Waals surface area contributed by atoms with Crippen LogP contribution in [0.4, 0.5) is 23.4 Å². The first-order chi connectivity index (χ1) is 7.89. The second-order valence-corrected chi connectivity index (χ2v) is 3.28. The van der Waals surface area contributed by atoms with E-state index in [0.717, 1.165) is 24.3 Å². The Balaban J connectivity index is 2.66. The van der Waals surface area contributed by atoms with Crippen LogP contribution in [0.15, 0.2) is 28.8 Å². The predicted octanol–water partition coefficient (Wildman–Crippen LogP) is 3.08. The van der Waals surface area contributed by atoms with Gasteiger partial charge in [-0.25, -0.2) is 4.39 Å². The summed E-state index contributed by atoms with van der Waals surface area (Å²) in [5, 5.41) is 3.26. The van der Waals surface area contributed by atoms with Gasteiger partial charge in [-0.15, -0.1) is 0 Å². The van der Waals surface area contributed by atoms with Crippen LogP contribution in [-0.4, -0.2) is 5.16 Å². The fourth-order valence-corrected chi connectivity index (χ4v) is 1.43. The van der Waals surface area contributed by atoms with E-state index in [-0.39, 0.29) is 11.6 Å². The fraction of sp³-hybridized carbons (Fsp3) is 0.100. The van der Waals surface area contributed by atoms with Crippen molar-refractivity contribution in [3.63, 3.8) is 0 Å². The maximum atomic E-state index is 13.2. The summed E-state index contributed by atoms with van der Waals surface area (Å²) < 4.78 is 55.8. The van der Waals surface area contributed by atoms with E-state index in [9.17, 15) is 17.6 Å². The van der Waals surface area contributed by atoms with Crippen molar-refractivity contribution < 1.29 is 22.1 Å². The van der Waals surface area contributed by atoms with Gasteiger partial charge in [-0.3, -0.25) is 0 Å². The minimum atomic E-state index is -4.82. The number of alkyl halides is 3. The molecule has 7 heteroatoms. The third kappa shape index (κ3) is 2.08. The zero-order chi connectivity index (χ0) is 12.6. The van der Waals surface area contributed by atoms with Crippen LogP contribution in [0, 0.1) is 5.82 Å². The van der Waals surface area contributed by atoms with Crippen molar-refractivity contribution in [2.75, 3.05) is 5.73 Å². The lowest BCUT2D eigenvalue weighted by Crippen LogP contribution is -2.10. The number of hydrogen-bond donors (Lipinski definition) is 1. The average Bonchev–Trinajstić information content (AvgIpc) is 2.62. The topological polar surface area (TPSA) is 52.0 Å². The Morgan fingerprint density at radius 1 is 1.24 bits per heavy atom. The number of nitrogens with two attached hydrogens (primary N) is 1. The van der Waals surface area contributed by atoms with Crippen molar-refractivity contribution in [1.82, 2.24) is 5.16 Å². The second-order valence-electron chi connectivity index (χ2n) is 3.28. The molecule has 90 valence electrons. The number of nitrogen functional groups attached to an aromatic ring is 1. The second kappa shape index (κ2) is 3.76. The lowest BCUT2D eigenvalue weighted by molar-refractivity contribution is -0.139.